The number of hydrogen-bond donors (Lipinski definition) is 1. The van der Waals surface area contributed by atoms with Crippen LogP contribution in [0.4, 0.5) is 13.2 Å². The molecule has 1 saturated carbocycles. The summed E-state index contributed by atoms with van der Waals surface area (Å²) in [4.78, 5) is 37.3. The number of oxazole rings is 1. The number of nitrogens with zero attached hydrogens (tertiary/aromatic N) is 3. The van der Waals surface area contributed by atoms with E-state index in [-0.39, 0.29) is 59.3 Å². The lowest BCUT2D eigenvalue weighted by Gasteiger charge is -2.35. The molecule has 6 rings (SSSR count). The van der Waals surface area contributed by atoms with Gasteiger partial charge in [-0.15, -0.1) is 24.5 Å². The predicted molar refractivity (Wildman–Crippen MR) is 136 cm³/mol. The fourth-order valence-electron chi connectivity index (χ4n) is 5.76. The van der Waals surface area contributed by atoms with Crippen molar-refractivity contribution in [2.75, 3.05) is 6.54 Å². The molecule has 0 radical (unpaired) electrons. The zero-order chi connectivity index (χ0) is 27.3. The van der Waals surface area contributed by atoms with Gasteiger partial charge in [0.05, 0.1) is 27.3 Å². The third-order valence-corrected chi connectivity index (χ3v) is 8.19. The first-order valence-electron chi connectivity index (χ1n) is 12.4. The molecule has 2 fully saturated rings. The molecule has 12 heteroatoms. The average Bonchev–Trinajstić information content (AvgIpc) is 3.69. The number of likely N-dealkylation sites (tertiary alicyclic amines) is 1. The number of alkyl halides is 3. The molecule has 2 aliphatic rings. The van der Waals surface area contributed by atoms with Gasteiger partial charge in [0.2, 0.25) is 0 Å². The van der Waals surface area contributed by atoms with Crippen LogP contribution in [0.15, 0.2) is 52.4 Å². The van der Waals surface area contributed by atoms with E-state index in [2.05, 4.69) is 20.0 Å². The van der Waals surface area contributed by atoms with Crippen LogP contribution in [0.25, 0.3) is 21.5 Å². The zero-order valence-corrected chi connectivity index (χ0v) is 21.5. The van der Waals surface area contributed by atoms with Gasteiger partial charge in [-0.1, -0.05) is 18.2 Å². The van der Waals surface area contributed by atoms with Gasteiger partial charge in [0.1, 0.15) is 5.75 Å². The number of nitrogens with one attached hydrogen (secondary N) is 1. The number of rotatable bonds is 6. The lowest BCUT2D eigenvalue weighted by atomic mass is 9.97. The Morgan fingerprint density at radius 3 is 2.85 bits per heavy atom. The van der Waals surface area contributed by atoms with Crippen molar-refractivity contribution in [1.29, 1.82) is 0 Å². The maximum Gasteiger partial charge on any atom is 0.573 e. The van der Waals surface area contributed by atoms with Gasteiger partial charge >= 0.3 is 6.36 Å². The molecule has 1 aliphatic carbocycles. The van der Waals surface area contributed by atoms with Crippen LogP contribution in [0.5, 0.6) is 5.75 Å². The molecule has 1 aliphatic heterocycles. The van der Waals surface area contributed by atoms with Gasteiger partial charge in [-0.2, -0.15) is 0 Å². The summed E-state index contributed by atoms with van der Waals surface area (Å²) in [6.07, 6.45) is -2.26. The van der Waals surface area contributed by atoms with Crippen LogP contribution in [0.3, 0.4) is 0 Å². The first kappa shape index (κ1) is 25.4. The first-order chi connectivity index (χ1) is 18.7. The van der Waals surface area contributed by atoms with E-state index in [1.807, 2.05) is 6.07 Å². The third-order valence-electron chi connectivity index (χ3n) is 7.31. The van der Waals surface area contributed by atoms with Crippen molar-refractivity contribution in [1.82, 2.24) is 20.2 Å². The van der Waals surface area contributed by atoms with Gasteiger partial charge in [-0.25, -0.2) is 9.97 Å². The number of aromatic nitrogens is 2. The van der Waals surface area contributed by atoms with Gasteiger partial charge in [-0.05, 0) is 49.4 Å². The van der Waals surface area contributed by atoms with E-state index in [1.165, 1.54) is 29.5 Å². The number of benzene rings is 2. The number of carbonyl (C=O) groups excluding carboxylic acids is 2. The number of halogens is 3. The summed E-state index contributed by atoms with van der Waals surface area (Å²) >= 11 is 1.39. The summed E-state index contributed by atoms with van der Waals surface area (Å²) in [5, 5.41) is 3.00. The minimum atomic E-state index is -4.85. The van der Waals surface area contributed by atoms with Gasteiger partial charge in [0.15, 0.2) is 17.3 Å². The topological polar surface area (TPSA) is 97.6 Å². The molecule has 1 saturated heterocycles. The number of ether oxygens (including phenoxy) is 1. The van der Waals surface area contributed by atoms with Gasteiger partial charge in [0, 0.05) is 25.1 Å². The maximum atomic E-state index is 13.9. The highest BCUT2D eigenvalue weighted by Gasteiger charge is 2.49. The average molecular weight is 557 g/mol. The van der Waals surface area contributed by atoms with Crippen molar-refractivity contribution in [3.05, 3.63) is 65.1 Å². The third kappa shape index (κ3) is 4.84. The number of amides is 2. The van der Waals surface area contributed by atoms with E-state index in [0.717, 1.165) is 35.5 Å². The number of piperidine rings is 1. The summed E-state index contributed by atoms with van der Waals surface area (Å²) in [5.74, 6) is -0.531. The van der Waals surface area contributed by atoms with E-state index < -0.39 is 12.1 Å². The van der Waals surface area contributed by atoms with E-state index in [1.54, 1.807) is 29.5 Å². The van der Waals surface area contributed by atoms with Crippen molar-refractivity contribution in [3.63, 3.8) is 0 Å². The lowest BCUT2D eigenvalue weighted by molar-refractivity contribution is -0.274. The van der Waals surface area contributed by atoms with Crippen molar-refractivity contribution < 1.29 is 31.9 Å². The molecule has 39 heavy (non-hydrogen) atoms. The van der Waals surface area contributed by atoms with Crippen LogP contribution in [-0.2, 0) is 0 Å². The molecule has 4 aromatic rings. The second-order valence-electron chi connectivity index (χ2n) is 9.71. The van der Waals surface area contributed by atoms with E-state index >= 15 is 0 Å². The second-order valence-corrected chi connectivity index (χ2v) is 10.6. The van der Waals surface area contributed by atoms with Crippen molar-refractivity contribution in [2.45, 2.75) is 44.6 Å². The Kier molecular flexibility index (Phi) is 6.29. The molecule has 0 spiro atoms. The molecule has 0 unspecified atom stereocenters. The van der Waals surface area contributed by atoms with Gasteiger partial charge in [-0.3, -0.25) is 9.59 Å². The number of aryl methyl sites for hydroxylation is 1. The molecule has 202 valence electrons. The van der Waals surface area contributed by atoms with Crippen LogP contribution in [0.2, 0.25) is 0 Å². The summed E-state index contributed by atoms with van der Waals surface area (Å²) < 4.78 is 48.8. The molecular weight excluding hydrogens is 533 g/mol. The van der Waals surface area contributed by atoms with E-state index in [4.69, 9.17) is 4.42 Å². The van der Waals surface area contributed by atoms with Gasteiger partial charge in [0.25, 0.3) is 11.8 Å². The van der Waals surface area contributed by atoms with Crippen LogP contribution in [0, 0.1) is 12.8 Å². The van der Waals surface area contributed by atoms with Crippen molar-refractivity contribution >= 4 is 33.4 Å². The minimum absolute atomic E-state index is 0.0147. The first-order valence-corrected chi connectivity index (χ1v) is 13.3. The van der Waals surface area contributed by atoms with Crippen LogP contribution >= 0.6 is 11.3 Å². The Hall–Kier alpha value is -3.93. The molecule has 2 aromatic carbocycles. The van der Waals surface area contributed by atoms with Gasteiger partial charge < -0.3 is 19.4 Å². The normalized spacial score (nSPS) is 20.5. The second kappa shape index (κ2) is 9.67. The SMILES string of the molecule is Cc1nc(C(=O)N2[C@@H]3CC[C@@H](C3)[C@H]2CNC(=O)c2cccc3ncsc23)c(-c2cccc(OC(F)(F)F)c2)o1. The Morgan fingerprint density at radius 2 is 2.03 bits per heavy atom. The summed E-state index contributed by atoms with van der Waals surface area (Å²) in [5.41, 5.74) is 3.25. The fourth-order valence-corrected chi connectivity index (χ4v) is 6.56. The minimum Gasteiger partial charge on any atom is -0.440 e. The number of hydrogen-bond acceptors (Lipinski definition) is 7. The largest absolute Gasteiger partial charge is 0.573 e. The molecule has 3 heterocycles. The standard InChI is InChI=1S/C27H23F3N4O4S/c1-14-33-22(23(37-14)16-4-2-5-18(11-16)38-27(28,29)30)26(36)34-17-9-8-15(10-17)21(34)12-31-25(35)19-6-3-7-20-24(19)39-13-32-20/h2-7,11,13,15,17,21H,8-10,12H2,1H3,(H,31,35)/t15-,17+,21+/m0/s1. The van der Waals surface area contributed by atoms with Crippen LogP contribution < -0.4 is 10.1 Å². The highest BCUT2D eigenvalue weighted by atomic mass is 32.1. The highest BCUT2D eigenvalue weighted by Crippen LogP contribution is 2.44. The molecule has 2 amide bonds. The molecule has 1 N–H and O–H groups in total. The van der Waals surface area contributed by atoms with Crippen LogP contribution in [0.1, 0.15) is 46.0 Å². The molecule has 8 nitrogen and oxygen atoms in total. The smallest absolute Gasteiger partial charge is 0.440 e. The monoisotopic (exact) mass is 556 g/mol. The van der Waals surface area contributed by atoms with E-state index in [0.29, 0.717) is 5.56 Å². The van der Waals surface area contributed by atoms with Crippen molar-refractivity contribution in [3.8, 4) is 17.1 Å². The number of carbonyl (C=O) groups is 2. The van der Waals surface area contributed by atoms with E-state index in [9.17, 15) is 22.8 Å². The van der Waals surface area contributed by atoms with Crippen molar-refractivity contribution in [2.24, 2.45) is 5.92 Å². The van der Waals surface area contributed by atoms with Crippen LogP contribution in [-0.4, -0.2) is 51.7 Å². The maximum absolute atomic E-state index is 13.9. The Balaban J connectivity index is 1.25. The summed E-state index contributed by atoms with van der Waals surface area (Å²) in [6, 6.07) is 10.4. The fraction of sp³-hybridized carbons (Fsp3) is 0.333. The number of thiazole rings is 1. The molecule has 2 bridgehead atoms. The zero-order valence-electron chi connectivity index (χ0n) is 20.7. The Bertz CT molecular complexity index is 1570. The Labute approximate surface area is 224 Å². The summed E-state index contributed by atoms with van der Waals surface area (Å²) in [6.45, 7) is 1.84. The summed E-state index contributed by atoms with van der Waals surface area (Å²) in [7, 11) is 0. The lowest BCUT2D eigenvalue weighted by Crippen LogP contribution is -2.50. The molecule has 3 atom stereocenters. The number of fused-ring (bicyclic) bond motifs is 3. The predicted octanol–water partition coefficient (Wildman–Crippen LogP) is 5.58. The Morgan fingerprint density at radius 1 is 1.21 bits per heavy atom. The molecule has 2 aromatic heterocycles. The molecular formula is C27H23F3N4O4S. The highest BCUT2D eigenvalue weighted by molar-refractivity contribution is 7.17. The quantitative estimate of drug-likeness (QED) is 0.333.